The van der Waals surface area contributed by atoms with Gasteiger partial charge in [-0.05, 0) is 52.5 Å². The third kappa shape index (κ3) is 4.25. The Morgan fingerprint density at radius 2 is 1.81 bits per heavy atom. The number of carbonyl (C=O) groups is 2. The van der Waals surface area contributed by atoms with Gasteiger partial charge >= 0.3 is 5.91 Å². The second-order valence-electron chi connectivity index (χ2n) is 6.12. The van der Waals surface area contributed by atoms with E-state index >= 15 is 0 Å². The lowest BCUT2D eigenvalue weighted by Crippen LogP contribution is -2.41. The number of hydrazine groups is 1. The van der Waals surface area contributed by atoms with E-state index in [1.54, 1.807) is 23.7 Å². The molecule has 2 N–H and O–H groups in total. The summed E-state index contributed by atoms with van der Waals surface area (Å²) < 4.78 is 2.47. The number of hydrogen-bond donors (Lipinski definition) is 2. The van der Waals surface area contributed by atoms with Gasteiger partial charge in [0.2, 0.25) is 5.82 Å². The molecule has 3 rings (SSSR count). The van der Waals surface area contributed by atoms with Crippen LogP contribution in [0.2, 0.25) is 0 Å². The lowest BCUT2D eigenvalue weighted by atomic mass is 10.0. The van der Waals surface area contributed by atoms with Crippen LogP contribution in [0.1, 0.15) is 51.4 Å². The van der Waals surface area contributed by atoms with Crippen LogP contribution in [-0.2, 0) is 0 Å². The molecular formula is C18H18BrN5O2S. The van der Waals surface area contributed by atoms with Crippen LogP contribution >= 0.6 is 27.3 Å². The Labute approximate surface area is 168 Å². The van der Waals surface area contributed by atoms with Crippen LogP contribution in [-0.4, -0.2) is 26.6 Å². The molecule has 0 saturated heterocycles. The summed E-state index contributed by atoms with van der Waals surface area (Å²) in [6.45, 7) is 5.97. The second kappa shape index (κ2) is 8.01. The van der Waals surface area contributed by atoms with Gasteiger partial charge in [-0.2, -0.15) is 0 Å². The standard InChI is InChI=1S/C18H18BrN5O2S/c1-10(2)12-6-4-5-7-13(12)24-11(3)20-16(23-24)18(26)22-21-17(25)14-8-9-15(19)27-14/h4-10H,1-3H3,(H,21,25)(H,22,26). The SMILES string of the molecule is Cc1nc(C(=O)NNC(=O)c2ccc(Br)s2)nn1-c1ccccc1C(C)C. The molecule has 0 radical (unpaired) electrons. The van der Waals surface area contributed by atoms with Gasteiger partial charge in [-0.25, -0.2) is 9.67 Å². The van der Waals surface area contributed by atoms with Crippen molar-refractivity contribution in [3.8, 4) is 5.69 Å². The highest BCUT2D eigenvalue weighted by atomic mass is 79.9. The fourth-order valence-corrected chi connectivity index (χ4v) is 3.83. The normalized spacial score (nSPS) is 10.9. The third-order valence-corrected chi connectivity index (χ3v) is 5.47. The van der Waals surface area contributed by atoms with Crippen molar-refractivity contribution in [3.63, 3.8) is 0 Å². The number of aryl methyl sites for hydroxylation is 1. The Kier molecular flexibility index (Phi) is 5.71. The van der Waals surface area contributed by atoms with E-state index in [9.17, 15) is 9.59 Å². The minimum absolute atomic E-state index is 0.0151. The average molecular weight is 448 g/mol. The van der Waals surface area contributed by atoms with Gasteiger partial charge in [0.1, 0.15) is 5.82 Å². The summed E-state index contributed by atoms with van der Waals surface area (Å²) in [6.07, 6.45) is 0. The fourth-order valence-electron chi connectivity index (χ4n) is 2.55. The summed E-state index contributed by atoms with van der Waals surface area (Å²) >= 11 is 4.56. The fraction of sp³-hybridized carbons (Fsp3) is 0.222. The zero-order chi connectivity index (χ0) is 19.6. The van der Waals surface area contributed by atoms with Crippen LogP contribution in [0.5, 0.6) is 0 Å². The number of hydrogen-bond acceptors (Lipinski definition) is 5. The van der Waals surface area contributed by atoms with E-state index in [1.165, 1.54) is 11.3 Å². The lowest BCUT2D eigenvalue weighted by molar-refractivity contribution is 0.0843. The van der Waals surface area contributed by atoms with Gasteiger partial charge in [-0.3, -0.25) is 20.4 Å². The predicted molar refractivity (Wildman–Crippen MR) is 107 cm³/mol. The van der Waals surface area contributed by atoms with Crippen molar-refractivity contribution in [1.82, 2.24) is 25.6 Å². The molecule has 2 aromatic heterocycles. The molecule has 1 aromatic carbocycles. The van der Waals surface area contributed by atoms with Gasteiger partial charge in [0.25, 0.3) is 5.91 Å². The number of thiophene rings is 1. The third-order valence-electron chi connectivity index (χ3n) is 3.85. The predicted octanol–water partition coefficient (Wildman–Crippen LogP) is 3.60. The number of amides is 2. The van der Waals surface area contributed by atoms with Gasteiger partial charge in [-0.15, -0.1) is 16.4 Å². The molecule has 0 spiro atoms. The van der Waals surface area contributed by atoms with E-state index < -0.39 is 11.8 Å². The second-order valence-corrected chi connectivity index (χ2v) is 8.58. The highest BCUT2D eigenvalue weighted by Crippen LogP contribution is 2.23. The Hall–Kier alpha value is -2.52. The van der Waals surface area contributed by atoms with Crippen molar-refractivity contribution in [2.24, 2.45) is 0 Å². The Morgan fingerprint density at radius 1 is 1.11 bits per heavy atom. The van der Waals surface area contributed by atoms with Crippen molar-refractivity contribution >= 4 is 39.1 Å². The lowest BCUT2D eigenvalue weighted by Gasteiger charge is -2.12. The van der Waals surface area contributed by atoms with Gasteiger partial charge in [0.15, 0.2) is 0 Å². The molecule has 0 fully saturated rings. The number of benzene rings is 1. The number of para-hydroxylation sites is 1. The molecule has 7 nitrogen and oxygen atoms in total. The maximum absolute atomic E-state index is 12.3. The van der Waals surface area contributed by atoms with Crippen molar-refractivity contribution in [2.75, 3.05) is 0 Å². The van der Waals surface area contributed by atoms with Crippen LogP contribution in [0.4, 0.5) is 0 Å². The number of nitrogens with one attached hydrogen (secondary N) is 2. The van der Waals surface area contributed by atoms with Crippen LogP contribution < -0.4 is 10.9 Å². The Morgan fingerprint density at radius 3 is 2.48 bits per heavy atom. The molecule has 0 bridgehead atoms. The minimum Gasteiger partial charge on any atom is -0.266 e. The van der Waals surface area contributed by atoms with E-state index in [-0.39, 0.29) is 5.82 Å². The number of halogens is 1. The molecule has 2 amide bonds. The average Bonchev–Trinajstić information content (AvgIpc) is 3.25. The monoisotopic (exact) mass is 447 g/mol. The molecule has 0 aliphatic heterocycles. The molecule has 0 aliphatic rings. The molecule has 0 unspecified atom stereocenters. The number of aromatic nitrogens is 3. The van der Waals surface area contributed by atoms with Crippen LogP contribution in [0, 0.1) is 6.92 Å². The van der Waals surface area contributed by atoms with Crippen molar-refractivity contribution < 1.29 is 9.59 Å². The van der Waals surface area contributed by atoms with E-state index in [2.05, 4.69) is 50.7 Å². The molecule has 2 heterocycles. The van der Waals surface area contributed by atoms with Crippen molar-refractivity contribution in [3.05, 3.63) is 62.3 Å². The van der Waals surface area contributed by atoms with E-state index in [4.69, 9.17) is 0 Å². The van der Waals surface area contributed by atoms with E-state index in [1.807, 2.05) is 24.3 Å². The van der Waals surface area contributed by atoms with Gasteiger partial charge in [0.05, 0.1) is 14.4 Å². The summed E-state index contributed by atoms with van der Waals surface area (Å²) in [5.74, 6) is -0.116. The van der Waals surface area contributed by atoms with Gasteiger partial charge in [0, 0.05) is 0 Å². The number of nitrogens with zero attached hydrogens (tertiary/aromatic N) is 3. The van der Waals surface area contributed by atoms with Gasteiger partial charge < -0.3 is 0 Å². The quantitative estimate of drug-likeness (QED) is 0.597. The molecule has 3 aromatic rings. The topological polar surface area (TPSA) is 88.9 Å². The molecule has 0 saturated carbocycles. The summed E-state index contributed by atoms with van der Waals surface area (Å²) in [4.78, 5) is 29.1. The zero-order valence-corrected chi connectivity index (χ0v) is 17.4. The van der Waals surface area contributed by atoms with Gasteiger partial charge in [-0.1, -0.05) is 32.0 Å². The summed E-state index contributed by atoms with van der Waals surface area (Å²) in [5.41, 5.74) is 6.71. The molecule has 0 aliphatic carbocycles. The highest BCUT2D eigenvalue weighted by Gasteiger charge is 2.18. The maximum atomic E-state index is 12.3. The summed E-state index contributed by atoms with van der Waals surface area (Å²) in [5, 5.41) is 4.32. The molecule has 140 valence electrons. The van der Waals surface area contributed by atoms with Crippen molar-refractivity contribution in [1.29, 1.82) is 0 Å². The van der Waals surface area contributed by atoms with E-state index in [0.717, 1.165) is 15.0 Å². The first-order valence-electron chi connectivity index (χ1n) is 8.25. The largest absolute Gasteiger partial charge is 0.309 e. The van der Waals surface area contributed by atoms with Crippen LogP contribution in [0.25, 0.3) is 5.69 Å². The first kappa shape index (κ1) is 19.2. The molecule has 27 heavy (non-hydrogen) atoms. The first-order chi connectivity index (χ1) is 12.9. The summed E-state index contributed by atoms with van der Waals surface area (Å²) in [6, 6.07) is 11.3. The molecule has 9 heteroatoms. The smallest absolute Gasteiger partial charge is 0.266 e. The Bertz CT molecular complexity index is 995. The van der Waals surface area contributed by atoms with Crippen LogP contribution in [0.15, 0.2) is 40.2 Å². The minimum atomic E-state index is -0.581. The maximum Gasteiger partial charge on any atom is 0.309 e. The molecule has 0 atom stereocenters. The number of rotatable bonds is 4. The Balaban J connectivity index is 1.76. The number of carbonyl (C=O) groups excluding carboxylic acids is 2. The summed E-state index contributed by atoms with van der Waals surface area (Å²) in [7, 11) is 0. The van der Waals surface area contributed by atoms with Crippen molar-refractivity contribution in [2.45, 2.75) is 26.7 Å². The van der Waals surface area contributed by atoms with Crippen LogP contribution in [0.3, 0.4) is 0 Å². The molecular weight excluding hydrogens is 430 g/mol. The first-order valence-corrected chi connectivity index (χ1v) is 9.86. The zero-order valence-electron chi connectivity index (χ0n) is 15.0. The van der Waals surface area contributed by atoms with E-state index in [0.29, 0.717) is 16.6 Å². The highest BCUT2D eigenvalue weighted by molar-refractivity contribution is 9.11.